The van der Waals surface area contributed by atoms with Crippen molar-refractivity contribution >= 4 is 17.9 Å². The molecule has 2 rings (SSSR count). The molecule has 3 N–H and O–H groups in total. The Hall–Kier alpha value is -3.18. The number of benzene rings is 1. The molecule has 0 amide bonds. The molecule has 5 nitrogen and oxygen atoms in total. The topological polar surface area (TPSA) is 82.4 Å². The van der Waals surface area contributed by atoms with E-state index in [1.807, 2.05) is 24.3 Å². The largest absolute Gasteiger partial charge is 0.481 e. The summed E-state index contributed by atoms with van der Waals surface area (Å²) >= 11 is 0. The van der Waals surface area contributed by atoms with Crippen LogP contribution in [0.3, 0.4) is 0 Å². The summed E-state index contributed by atoms with van der Waals surface area (Å²) < 4.78 is 5.84. The Kier molecular flexibility index (Phi) is 7.72. The number of anilines is 1. The molecule has 0 bridgehead atoms. The molecule has 0 heterocycles. The van der Waals surface area contributed by atoms with E-state index in [0.29, 0.717) is 18.8 Å². The molecular formula is C23H26N2O3. The second-order valence-electron chi connectivity index (χ2n) is 6.89. The van der Waals surface area contributed by atoms with Crippen LogP contribution in [0.2, 0.25) is 0 Å². The van der Waals surface area contributed by atoms with Crippen LogP contribution in [0.5, 0.6) is 0 Å². The van der Waals surface area contributed by atoms with Crippen LogP contribution >= 0.6 is 0 Å². The third-order valence-electron chi connectivity index (χ3n) is 4.32. The lowest BCUT2D eigenvalue weighted by atomic mass is 9.86. The van der Waals surface area contributed by atoms with Crippen molar-refractivity contribution in [2.75, 3.05) is 5.32 Å². The lowest BCUT2D eigenvalue weighted by molar-refractivity contribution is -0.137. The summed E-state index contributed by atoms with van der Waals surface area (Å²) in [6.45, 7) is 6.13. The molecule has 0 spiro atoms. The molecule has 2 unspecified atom stereocenters. The molecule has 1 aliphatic rings. The predicted octanol–water partition coefficient (Wildman–Crippen LogP) is 4.04. The fraction of sp³-hybridized carbons (Fsp3) is 0.391. The molecule has 0 saturated heterocycles. The highest BCUT2D eigenvalue weighted by Gasteiger charge is 2.22. The van der Waals surface area contributed by atoms with Gasteiger partial charge in [-0.3, -0.25) is 4.79 Å². The zero-order chi connectivity index (χ0) is 20.5. The average molecular weight is 378 g/mol. The number of ether oxygens (including phenoxy) is 1. The highest BCUT2D eigenvalue weighted by atomic mass is 16.5. The molecule has 5 heteroatoms. The van der Waals surface area contributed by atoms with Gasteiger partial charge in [-0.1, -0.05) is 24.0 Å². The number of carboxylic acid groups (broad SMARTS) is 1. The number of hydrogen-bond acceptors (Lipinski definition) is 4. The molecule has 0 fully saturated rings. The standard InChI is InChI=1S/C23H26N2O3/c1-4-6-18(13-23(26)27)17-9-11-20(12-10-17)28-15-19-7-5-8-22(21(19)14-24)25-16(2)3/h5,7-8,11,14,16-18,24-25H,9,13,15H2,1-3H3,(H,26,27). The van der Waals surface area contributed by atoms with Crippen LogP contribution in [0.15, 0.2) is 30.0 Å². The number of nitrogens with one attached hydrogen (secondary N) is 2. The quantitative estimate of drug-likeness (QED) is 0.447. The van der Waals surface area contributed by atoms with Gasteiger partial charge in [-0.2, -0.15) is 0 Å². The number of hydrogen-bond donors (Lipinski definition) is 3. The molecule has 146 valence electrons. The van der Waals surface area contributed by atoms with Crippen LogP contribution in [-0.4, -0.2) is 23.3 Å². The third-order valence-corrected chi connectivity index (χ3v) is 4.32. The number of rotatable bonds is 9. The summed E-state index contributed by atoms with van der Waals surface area (Å²) in [5, 5.41) is 20.1. The molecule has 2 atom stereocenters. The van der Waals surface area contributed by atoms with Crippen LogP contribution in [0, 0.1) is 40.9 Å². The van der Waals surface area contributed by atoms with E-state index < -0.39 is 5.97 Å². The third kappa shape index (κ3) is 5.93. The lowest BCUT2D eigenvalue weighted by Gasteiger charge is -2.19. The smallest absolute Gasteiger partial charge is 0.304 e. The van der Waals surface area contributed by atoms with Gasteiger partial charge in [0.1, 0.15) is 6.61 Å². The van der Waals surface area contributed by atoms with E-state index in [-0.39, 0.29) is 24.3 Å². The molecule has 0 saturated carbocycles. The Bertz CT molecular complexity index is 879. The molecule has 1 aromatic carbocycles. The number of carbonyl (C=O) groups is 1. The van der Waals surface area contributed by atoms with Gasteiger partial charge in [0, 0.05) is 40.9 Å². The van der Waals surface area contributed by atoms with Crippen LogP contribution < -0.4 is 5.32 Å². The van der Waals surface area contributed by atoms with E-state index >= 15 is 0 Å². The SMILES string of the molecule is CC#CC(CC(=O)O)C1C#CC(OCc2cccc(NC(C)C)c2C=N)=CC1. The Morgan fingerprint density at radius 1 is 1.50 bits per heavy atom. The van der Waals surface area contributed by atoms with Crippen molar-refractivity contribution in [3.05, 3.63) is 41.2 Å². The van der Waals surface area contributed by atoms with Gasteiger partial charge in [-0.25, -0.2) is 0 Å². The first-order valence-electron chi connectivity index (χ1n) is 9.32. The Labute approximate surface area is 166 Å². The van der Waals surface area contributed by atoms with Crippen molar-refractivity contribution < 1.29 is 14.6 Å². The first kappa shape index (κ1) is 21.1. The second-order valence-corrected chi connectivity index (χ2v) is 6.89. The van der Waals surface area contributed by atoms with E-state index in [1.54, 1.807) is 6.92 Å². The number of carboxylic acids is 1. The average Bonchev–Trinajstić information content (AvgIpc) is 2.66. The van der Waals surface area contributed by atoms with Crippen molar-refractivity contribution in [2.24, 2.45) is 11.8 Å². The highest BCUT2D eigenvalue weighted by Crippen LogP contribution is 2.25. The Morgan fingerprint density at radius 3 is 2.86 bits per heavy atom. The van der Waals surface area contributed by atoms with Crippen LogP contribution in [-0.2, 0) is 16.1 Å². The second kappa shape index (κ2) is 10.2. The van der Waals surface area contributed by atoms with E-state index in [1.165, 1.54) is 6.21 Å². The minimum absolute atomic E-state index is 0.0114. The maximum Gasteiger partial charge on any atom is 0.304 e. The molecule has 28 heavy (non-hydrogen) atoms. The fourth-order valence-corrected chi connectivity index (χ4v) is 3.04. The molecular weight excluding hydrogens is 352 g/mol. The van der Waals surface area contributed by atoms with Gasteiger partial charge in [0.25, 0.3) is 0 Å². The maximum absolute atomic E-state index is 11.0. The van der Waals surface area contributed by atoms with Gasteiger partial charge in [-0.15, -0.1) is 5.92 Å². The fourth-order valence-electron chi connectivity index (χ4n) is 3.04. The molecule has 1 aromatic rings. The maximum atomic E-state index is 11.0. The summed E-state index contributed by atoms with van der Waals surface area (Å²) in [4.78, 5) is 11.0. The van der Waals surface area contributed by atoms with Crippen molar-refractivity contribution in [3.8, 4) is 23.7 Å². The molecule has 1 aliphatic carbocycles. The van der Waals surface area contributed by atoms with E-state index in [4.69, 9.17) is 15.3 Å². The summed E-state index contributed by atoms with van der Waals surface area (Å²) in [7, 11) is 0. The first-order valence-corrected chi connectivity index (χ1v) is 9.32. The van der Waals surface area contributed by atoms with Gasteiger partial charge in [0.2, 0.25) is 0 Å². The summed E-state index contributed by atoms with van der Waals surface area (Å²) in [6, 6.07) is 6.09. The van der Waals surface area contributed by atoms with E-state index in [0.717, 1.165) is 16.8 Å². The minimum atomic E-state index is -0.866. The highest BCUT2D eigenvalue weighted by molar-refractivity contribution is 5.87. The predicted molar refractivity (Wildman–Crippen MR) is 111 cm³/mol. The normalized spacial score (nSPS) is 16.0. The molecule has 0 radical (unpaired) electrons. The number of allylic oxidation sites excluding steroid dienone is 2. The van der Waals surface area contributed by atoms with Crippen molar-refractivity contribution in [1.82, 2.24) is 0 Å². The van der Waals surface area contributed by atoms with Crippen molar-refractivity contribution in [1.29, 1.82) is 5.41 Å². The summed E-state index contributed by atoms with van der Waals surface area (Å²) in [6.07, 6.45) is 3.83. The van der Waals surface area contributed by atoms with Crippen LogP contribution in [0.1, 0.15) is 44.7 Å². The number of aliphatic carboxylic acids is 1. The first-order chi connectivity index (χ1) is 13.4. The zero-order valence-electron chi connectivity index (χ0n) is 16.5. The van der Waals surface area contributed by atoms with Gasteiger partial charge >= 0.3 is 5.97 Å². The van der Waals surface area contributed by atoms with E-state index in [9.17, 15) is 4.79 Å². The van der Waals surface area contributed by atoms with Gasteiger partial charge in [0.05, 0.1) is 6.42 Å². The molecule has 0 aromatic heterocycles. The monoisotopic (exact) mass is 378 g/mol. The Balaban J connectivity index is 2.05. The van der Waals surface area contributed by atoms with Crippen LogP contribution in [0.4, 0.5) is 5.69 Å². The van der Waals surface area contributed by atoms with Gasteiger partial charge in [-0.05, 0) is 45.3 Å². The zero-order valence-corrected chi connectivity index (χ0v) is 16.5. The lowest BCUT2D eigenvalue weighted by Crippen LogP contribution is -2.17. The van der Waals surface area contributed by atoms with E-state index in [2.05, 4.69) is 42.8 Å². The molecule has 0 aliphatic heterocycles. The Morgan fingerprint density at radius 2 is 2.29 bits per heavy atom. The van der Waals surface area contributed by atoms with Gasteiger partial charge in [0.15, 0.2) is 5.76 Å². The summed E-state index contributed by atoms with van der Waals surface area (Å²) in [5.74, 6) is 11.2. The minimum Gasteiger partial charge on any atom is -0.481 e. The van der Waals surface area contributed by atoms with Crippen molar-refractivity contribution in [2.45, 2.75) is 46.3 Å². The van der Waals surface area contributed by atoms with Gasteiger partial charge < -0.3 is 20.6 Å². The summed E-state index contributed by atoms with van der Waals surface area (Å²) in [5.41, 5.74) is 2.62. The van der Waals surface area contributed by atoms with Crippen molar-refractivity contribution in [3.63, 3.8) is 0 Å². The van der Waals surface area contributed by atoms with Crippen LogP contribution in [0.25, 0.3) is 0 Å².